The molecule has 2 amide bonds. The van der Waals surface area contributed by atoms with Crippen LogP contribution in [0.1, 0.15) is 47.5 Å². The minimum Gasteiger partial charge on any atom is -0.478 e. The summed E-state index contributed by atoms with van der Waals surface area (Å²) in [4.78, 5) is 30.9. The number of nitrogens with zero attached hydrogens (tertiary/aromatic N) is 2. The third-order valence-corrected chi connectivity index (χ3v) is 4.02. The SMILES string of the molecule is CC(C)[C@H](NC(=O)[C@@H]1CCCN1C(=O)OC(C)(C)C)C1=NCCO1. The quantitative estimate of drug-likeness (QED) is 0.849. The van der Waals surface area contributed by atoms with Crippen molar-refractivity contribution in [3.63, 3.8) is 0 Å². The lowest BCUT2D eigenvalue weighted by molar-refractivity contribution is -0.126. The number of carbonyl (C=O) groups is 2. The molecule has 0 spiro atoms. The number of hydrogen-bond donors (Lipinski definition) is 1. The van der Waals surface area contributed by atoms with Gasteiger partial charge in [-0.1, -0.05) is 13.8 Å². The Morgan fingerprint density at radius 1 is 1.38 bits per heavy atom. The molecule has 0 bridgehead atoms. The molecule has 2 rings (SSSR count). The zero-order valence-corrected chi connectivity index (χ0v) is 15.3. The van der Waals surface area contributed by atoms with Gasteiger partial charge >= 0.3 is 6.09 Å². The van der Waals surface area contributed by atoms with Crippen molar-refractivity contribution in [1.82, 2.24) is 10.2 Å². The fourth-order valence-electron chi connectivity index (χ4n) is 2.88. The molecule has 0 aromatic carbocycles. The number of amides is 2. The second kappa shape index (κ2) is 7.40. The minimum absolute atomic E-state index is 0.155. The molecule has 7 heteroatoms. The molecule has 0 aromatic rings. The van der Waals surface area contributed by atoms with E-state index in [0.717, 1.165) is 6.42 Å². The lowest BCUT2D eigenvalue weighted by Gasteiger charge is -2.29. The van der Waals surface area contributed by atoms with Gasteiger partial charge in [0.05, 0.1) is 6.54 Å². The molecular formula is C17H29N3O4. The lowest BCUT2D eigenvalue weighted by Crippen LogP contribution is -2.53. The minimum atomic E-state index is -0.576. The van der Waals surface area contributed by atoms with Gasteiger partial charge in [-0.3, -0.25) is 14.7 Å². The van der Waals surface area contributed by atoms with Crippen LogP contribution in [0.5, 0.6) is 0 Å². The third-order valence-electron chi connectivity index (χ3n) is 4.02. The van der Waals surface area contributed by atoms with Crippen molar-refractivity contribution < 1.29 is 19.1 Å². The Kier molecular flexibility index (Phi) is 5.72. The predicted octanol–water partition coefficient (Wildman–Crippen LogP) is 1.96. The van der Waals surface area contributed by atoms with Gasteiger partial charge in [0.15, 0.2) is 0 Å². The first kappa shape index (κ1) is 18.5. The first-order valence-corrected chi connectivity index (χ1v) is 8.66. The van der Waals surface area contributed by atoms with Crippen LogP contribution in [0.4, 0.5) is 4.79 Å². The van der Waals surface area contributed by atoms with Crippen molar-refractivity contribution in [2.24, 2.45) is 10.9 Å². The maximum absolute atomic E-state index is 12.7. The third kappa shape index (κ3) is 4.61. The van der Waals surface area contributed by atoms with E-state index in [0.29, 0.717) is 32.0 Å². The van der Waals surface area contributed by atoms with Gasteiger partial charge in [0.25, 0.3) is 0 Å². The van der Waals surface area contributed by atoms with Crippen LogP contribution in [0.3, 0.4) is 0 Å². The molecular weight excluding hydrogens is 310 g/mol. The van der Waals surface area contributed by atoms with Crippen LogP contribution in [0.2, 0.25) is 0 Å². The summed E-state index contributed by atoms with van der Waals surface area (Å²) in [6, 6.07) is -0.760. The van der Waals surface area contributed by atoms with Crippen molar-refractivity contribution >= 4 is 17.9 Å². The molecule has 2 atom stereocenters. The first-order chi connectivity index (χ1) is 11.2. The summed E-state index contributed by atoms with van der Waals surface area (Å²) in [5, 5.41) is 3.00. The Balaban J connectivity index is 2.03. The van der Waals surface area contributed by atoms with Crippen molar-refractivity contribution in [3.8, 4) is 0 Å². The molecule has 0 aromatic heterocycles. The normalized spacial score (nSPS) is 22.2. The highest BCUT2D eigenvalue weighted by Crippen LogP contribution is 2.21. The van der Waals surface area contributed by atoms with Crippen LogP contribution < -0.4 is 5.32 Å². The van der Waals surface area contributed by atoms with E-state index in [1.165, 1.54) is 4.90 Å². The number of ether oxygens (including phenoxy) is 2. The van der Waals surface area contributed by atoms with Crippen LogP contribution in [0.25, 0.3) is 0 Å². The van der Waals surface area contributed by atoms with E-state index >= 15 is 0 Å². The Hall–Kier alpha value is -1.79. The van der Waals surface area contributed by atoms with Crippen molar-refractivity contribution in [2.75, 3.05) is 19.7 Å². The number of hydrogen-bond acceptors (Lipinski definition) is 5. The highest BCUT2D eigenvalue weighted by Gasteiger charge is 2.38. The Morgan fingerprint density at radius 3 is 2.62 bits per heavy atom. The zero-order valence-electron chi connectivity index (χ0n) is 15.3. The van der Waals surface area contributed by atoms with Gasteiger partial charge in [0, 0.05) is 6.54 Å². The monoisotopic (exact) mass is 339 g/mol. The fraction of sp³-hybridized carbons (Fsp3) is 0.824. The molecule has 0 aliphatic carbocycles. The standard InChI is InChI=1S/C17H29N3O4/c1-11(2)13(15-18-8-10-23-15)19-14(21)12-7-6-9-20(12)16(22)24-17(3,4)5/h11-13H,6-10H2,1-5H3,(H,19,21)/t12-,13-/m0/s1. The summed E-state index contributed by atoms with van der Waals surface area (Å²) in [6.07, 6.45) is 1.00. The summed E-state index contributed by atoms with van der Waals surface area (Å²) in [6.45, 7) is 11.2. The smallest absolute Gasteiger partial charge is 0.410 e. The van der Waals surface area contributed by atoms with E-state index < -0.39 is 17.7 Å². The lowest BCUT2D eigenvalue weighted by atomic mass is 10.0. The van der Waals surface area contributed by atoms with E-state index in [1.807, 2.05) is 34.6 Å². The van der Waals surface area contributed by atoms with Crippen molar-refractivity contribution in [1.29, 1.82) is 0 Å². The summed E-state index contributed by atoms with van der Waals surface area (Å²) in [5.41, 5.74) is -0.576. The molecule has 0 radical (unpaired) electrons. The van der Waals surface area contributed by atoms with Crippen LogP contribution in [0.15, 0.2) is 4.99 Å². The second-order valence-electron chi connectivity index (χ2n) is 7.63. The number of carbonyl (C=O) groups excluding carboxylic acids is 2. The molecule has 7 nitrogen and oxygen atoms in total. The molecule has 2 aliphatic rings. The van der Waals surface area contributed by atoms with E-state index in [9.17, 15) is 9.59 Å². The second-order valence-corrected chi connectivity index (χ2v) is 7.63. The number of likely N-dealkylation sites (tertiary alicyclic amines) is 1. The average molecular weight is 339 g/mol. The molecule has 136 valence electrons. The number of rotatable bonds is 4. The van der Waals surface area contributed by atoms with Crippen LogP contribution in [-0.2, 0) is 14.3 Å². The molecule has 1 N–H and O–H groups in total. The zero-order chi connectivity index (χ0) is 17.9. The highest BCUT2D eigenvalue weighted by molar-refractivity contribution is 5.92. The first-order valence-electron chi connectivity index (χ1n) is 8.66. The van der Waals surface area contributed by atoms with Crippen molar-refractivity contribution in [3.05, 3.63) is 0 Å². The van der Waals surface area contributed by atoms with Gasteiger partial charge in [-0.2, -0.15) is 0 Å². The highest BCUT2D eigenvalue weighted by atomic mass is 16.6. The maximum atomic E-state index is 12.7. The summed E-state index contributed by atoms with van der Waals surface area (Å²) in [7, 11) is 0. The topological polar surface area (TPSA) is 80.2 Å². The summed E-state index contributed by atoms with van der Waals surface area (Å²) in [5.74, 6) is 0.567. The Labute approximate surface area is 143 Å². The van der Waals surface area contributed by atoms with Gasteiger partial charge in [-0.25, -0.2) is 4.79 Å². The Morgan fingerprint density at radius 2 is 2.08 bits per heavy atom. The van der Waals surface area contributed by atoms with Crippen LogP contribution >= 0.6 is 0 Å². The van der Waals surface area contributed by atoms with Gasteiger partial charge in [0.1, 0.15) is 24.3 Å². The number of nitrogens with one attached hydrogen (secondary N) is 1. The predicted molar refractivity (Wildman–Crippen MR) is 91.0 cm³/mol. The molecule has 2 aliphatic heterocycles. The average Bonchev–Trinajstić information content (AvgIpc) is 3.13. The van der Waals surface area contributed by atoms with E-state index in [1.54, 1.807) is 0 Å². The van der Waals surface area contributed by atoms with Gasteiger partial charge < -0.3 is 14.8 Å². The van der Waals surface area contributed by atoms with Crippen LogP contribution in [0, 0.1) is 5.92 Å². The number of aliphatic imine (C=N–C) groups is 1. The van der Waals surface area contributed by atoms with Gasteiger partial charge in [0.2, 0.25) is 11.8 Å². The van der Waals surface area contributed by atoms with Crippen LogP contribution in [-0.4, -0.2) is 60.2 Å². The maximum Gasteiger partial charge on any atom is 0.410 e. The van der Waals surface area contributed by atoms with Gasteiger partial charge in [-0.15, -0.1) is 0 Å². The van der Waals surface area contributed by atoms with E-state index in [-0.39, 0.29) is 17.9 Å². The molecule has 0 saturated carbocycles. The molecule has 24 heavy (non-hydrogen) atoms. The Bertz CT molecular complexity index is 510. The van der Waals surface area contributed by atoms with E-state index in [4.69, 9.17) is 9.47 Å². The van der Waals surface area contributed by atoms with E-state index in [2.05, 4.69) is 10.3 Å². The molecule has 2 heterocycles. The molecule has 1 saturated heterocycles. The summed E-state index contributed by atoms with van der Waals surface area (Å²) < 4.78 is 10.9. The summed E-state index contributed by atoms with van der Waals surface area (Å²) >= 11 is 0. The molecule has 0 unspecified atom stereocenters. The fourth-order valence-corrected chi connectivity index (χ4v) is 2.88. The van der Waals surface area contributed by atoms with Gasteiger partial charge in [-0.05, 0) is 39.5 Å². The largest absolute Gasteiger partial charge is 0.478 e. The molecule has 1 fully saturated rings. The van der Waals surface area contributed by atoms with Crippen molar-refractivity contribution in [2.45, 2.75) is 65.1 Å².